The van der Waals surface area contributed by atoms with Crippen molar-refractivity contribution in [2.75, 3.05) is 22.9 Å². The van der Waals surface area contributed by atoms with Crippen LogP contribution in [0.15, 0.2) is 54.6 Å². The van der Waals surface area contributed by atoms with Crippen molar-refractivity contribution in [1.29, 1.82) is 0 Å². The van der Waals surface area contributed by atoms with Crippen molar-refractivity contribution < 1.29 is 13.2 Å². The summed E-state index contributed by atoms with van der Waals surface area (Å²) in [5.74, 6) is 0.275. The van der Waals surface area contributed by atoms with Gasteiger partial charge in [0.05, 0.1) is 11.6 Å². The average Bonchev–Trinajstić information content (AvgIpc) is 2.70. The molecule has 4 N–H and O–H groups in total. The number of anilines is 3. The Hall–Kier alpha value is -3.36. The van der Waals surface area contributed by atoms with Crippen molar-refractivity contribution in [1.82, 2.24) is 15.0 Å². The van der Waals surface area contributed by atoms with Crippen LogP contribution < -0.4 is 16.4 Å². The third-order valence-corrected chi connectivity index (χ3v) is 4.76. The van der Waals surface area contributed by atoms with Crippen LogP contribution in [0.4, 0.5) is 31.0 Å². The minimum atomic E-state index is -4.39. The van der Waals surface area contributed by atoms with Crippen molar-refractivity contribution >= 4 is 17.8 Å². The van der Waals surface area contributed by atoms with Gasteiger partial charge in [-0.25, -0.2) is 0 Å². The fraction of sp³-hybridized carbons (Fsp3) is 0.286. The highest BCUT2D eigenvalue weighted by atomic mass is 19.4. The van der Waals surface area contributed by atoms with Crippen molar-refractivity contribution in [3.05, 3.63) is 71.3 Å². The summed E-state index contributed by atoms with van der Waals surface area (Å²) in [6.45, 7) is 2.39. The molecule has 0 radical (unpaired) electrons. The number of hydrogen-bond donors (Lipinski definition) is 2. The third kappa shape index (κ3) is 5.16. The van der Waals surface area contributed by atoms with Crippen LogP contribution in [0.2, 0.25) is 0 Å². The Morgan fingerprint density at radius 3 is 2.20 bits per heavy atom. The van der Waals surface area contributed by atoms with E-state index in [0.29, 0.717) is 24.5 Å². The van der Waals surface area contributed by atoms with Gasteiger partial charge in [-0.05, 0) is 30.0 Å². The van der Waals surface area contributed by atoms with E-state index in [9.17, 15) is 13.2 Å². The fourth-order valence-electron chi connectivity index (χ4n) is 3.38. The van der Waals surface area contributed by atoms with Gasteiger partial charge in [0, 0.05) is 6.54 Å². The Labute approximate surface area is 172 Å². The number of nitrogens with zero attached hydrogens (tertiary/aromatic N) is 4. The quantitative estimate of drug-likeness (QED) is 0.598. The number of nitrogen functional groups attached to an aromatic ring is 2. The van der Waals surface area contributed by atoms with Crippen molar-refractivity contribution in [3.8, 4) is 0 Å². The van der Waals surface area contributed by atoms with Gasteiger partial charge in [0.1, 0.15) is 0 Å². The Bertz CT molecular complexity index is 958. The number of hydrogen-bond acceptors (Lipinski definition) is 6. The summed E-state index contributed by atoms with van der Waals surface area (Å²) in [6, 6.07) is 14.9. The normalized spacial score (nSPS) is 12.5. The zero-order chi connectivity index (χ0) is 21.7. The molecule has 0 saturated carbocycles. The van der Waals surface area contributed by atoms with Gasteiger partial charge in [-0.1, -0.05) is 55.5 Å². The summed E-state index contributed by atoms with van der Waals surface area (Å²) in [7, 11) is 0. The maximum atomic E-state index is 13.1. The summed E-state index contributed by atoms with van der Waals surface area (Å²) in [5, 5.41) is 0. The first-order valence-corrected chi connectivity index (χ1v) is 9.52. The molecule has 2 aromatic carbocycles. The van der Waals surface area contributed by atoms with E-state index in [2.05, 4.69) is 15.0 Å². The van der Waals surface area contributed by atoms with Crippen LogP contribution in [-0.2, 0) is 12.6 Å². The van der Waals surface area contributed by atoms with Gasteiger partial charge in [0.2, 0.25) is 17.8 Å². The molecule has 0 spiro atoms. The van der Waals surface area contributed by atoms with Crippen LogP contribution in [0.3, 0.4) is 0 Å². The molecule has 1 aromatic heterocycles. The summed E-state index contributed by atoms with van der Waals surface area (Å²) in [6.07, 6.45) is -3.31. The predicted molar refractivity (Wildman–Crippen MR) is 111 cm³/mol. The number of aromatic nitrogens is 3. The fourth-order valence-corrected chi connectivity index (χ4v) is 3.38. The summed E-state index contributed by atoms with van der Waals surface area (Å²) >= 11 is 0. The largest absolute Gasteiger partial charge is 0.416 e. The number of nitrogens with two attached hydrogens (primary N) is 2. The van der Waals surface area contributed by atoms with E-state index in [0.717, 1.165) is 24.1 Å². The van der Waals surface area contributed by atoms with E-state index in [1.165, 1.54) is 6.07 Å². The van der Waals surface area contributed by atoms with Crippen molar-refractivity contribution in [3.63, 3.8) is 0 Å². The lowest BCUT2D eigenvalue weighted by molar-refractivity contribution is -0.137. The molecule has 30 heavy (non-hydrogen) atoms. The first-order chi connectivity index (χ1) is 14.3. The second kappa shape index (κ2) is 8.98. The highest BCUT2D eigenvalue weighted by Gasteiger charge is 2.30. The van der Waals surface area contributed by atoms with E-state index in [1.807, 2.05) is 42.2 Å². The molecule has 1 atom stereocenters. The molecule has 0 aliphatic carbocycles. The van der Waals surface area contributed by atoms with Crippen molar-refractivity contribution in [2.24, 2.45) is 0 Å². The maximum Gasteiger partial charge on any atom is 0.416 e. The Balaban J connectivity index is 1.94. The Kier molecular flexibility index (Phi) is 6.39. The van der Waals surface area contributed by atoms with E-state index in [4.69, 9.17) is 11.5 Å². The van der Waals surface area contributed by atoms with Crippen LogP contribution in [-0.4, -0.2) is 21.5 Å². The van der Waals surface area contributed by atoms with Crippen molar-refractivity contribution in [2.45, 2.75) is 32.0 Å². The molecule has 3 rings (SSSR count). The molecule has 0 aliphatic heterocycles. The molecule has 1 heterocycles. The molecule has 0 saturated heterocycles. The van der Waals surface area contributed by atoms with E-state index >= 15 is 0 Å². The lowest BCUT2D eigenvalue weighted by Crippen LogP contribution is -2.32. The molecule has 3 aromatic rings. The lowest BCUT2D eigenvalue weighted by atomic mass is 10.0. The zero-order valence-electron chi connectivity index (χ0n) is 16.5. The van der Waals surface area contributed by atoms with E-state index < -0.39 is 11.7 Å². The minimum absolute atomic E-state index is 0.00974. The highest BCUT2D eigenvalue weighted by molar-refractivity contribution is 5.43. The number of halogens is 3. The molecule has 0 fully saturated rings. The highest BCUT2D eigenvalue weighted by Crippen LogP contribution is 2.31. The van der Waals surface area contributed by atoms with Crippen LogP contribution in [0.25, 0.3) is 0 Å². The topological polar surface area (TPSA) is 94.0 Å². The summed E-state index contributed by atoms with van der Waals surface area (Å²) < 4.78 is 39.2. The van der Waals surface area contributed by atoms with Crippen LogP contribution in [0.1, 0.15) is 36.1 Å². The van der Waals surface area contributed by atoms with Crippen LogP contribution in [0.5, 0.6) is 0 Å². The van der Waals surface area contributed by atoms with E-state index in [1.54, 1.807) is 6.07 Å². The number of rotatable bonds is 7. The number of benzene rings is 2. The molecule has 0 aliphatic rings. The lowest BCUT2D eigenvalue weighted by Gasteiger charge is -2.32. The van der Waals surface area contributed by atoms with Crippen LogP contribution in [0, 0.1) is 0 Å². The molecule has 0 unspecified atom stereocenters. The predicted octanol–water partition coefficient (Wildman–Crippen LogP) is 4.26. The molecule has 0 bridgehead atoms. The first-order valence-electron chi connectivity index (χ1n) is 9.52. The van der Waals surface area contributed by atoms with Gasteiger partial charge < -0.3 is 16.4 Å². The van der Waals surface area contributed by atoms with E-state index in [-0.39, 0.29) is 17.9 Å². The molecular weight excluding hydrogens is 393 g/mol. The second-order valence-electron chi connectivity index (χ2n) is 6.83. The van der Waals surface area contributed by atoms with Crippen LogP contribution >= 0.6 is 0 Å². The zero-order valence-corrected chi connectivity index (χ0v) is 16.5. The average molecular weight is 416 g/mol. The molecular formula is C21H23F3N6. The molecule has 6 nitrogen and oxygen atoms in total. The third-order valence-electron chi connectivity index (χ3n) is 4.76. The molecule has 0 amide bonds. The smallest absolute Gasteiger partial charge is 0.368 e. The minimum Gasteiger partial charge on any atom is -0.368 e. The number of alkyl halides is 3. The van der Waals surface area contributed by atoms with Gasteiger partial charge >= 0.3 is 6.18 Å². The van der Waals surface area contributed by atoms with Gasteiger partial charge in [-0.3, -0.25) is 0 Å². The standard InChI is InChI=1S/C21H23F3N6/c1-2-17(15-8-4-3-5-9-15)30(20-28-18(25)27-19(26)29-20)12-11-14-7-6-10-16(13-14)21(22,23)24/h3-10,13,17H,2,11-12H2,1H3,(H4,25,26,27,28,29)/t17-/m0/s1. The first kappa shape index (κ1) is 21.4. The monoisotopic (exact) mass is 416 g/mol. The Morgan fingerprint density at radius 2 is 1.60 bits per heavy atom. The van der Waals surface area contributed by atoms with Gasteiger partial charge in [-0.15, -0.1) is 0 Å². The molecule has 158 valence electrons. The molecule has 9 heteroatoms. The Morgan fingerprint density at radius 1 is 0.933 bits per heavy atom. The van der Waals surface area contributed by atoms with Gasteiger partial charge in [-0.2, -0.15) is 28.1 Å². The maximum absolute atomic E-state index is 13.1. The second-order valence-corrected chi connectivity index (χ2v) is 6.83. The van der Waals surface area contributed by atoms with Gasteiger partial charge in [0.15, 0.2) is 0 Å². The summed E-state index contributed by atoms with van der Waals surface area (Å²) in [5.41, 5.74) is 12.4. The summed E-state index contributed by atoms with van der Waals surface area (Å²) in [4.78, 5) is 14.2. The SMILES string of the molecule is CC[C@@H](c1ccccc1)N(CCc1cccc(C(F)(F)F)c1)c1nc(N)nc(N)n1. The van der Waals surface area contributed by atoms with Gasteiger partial charge in [0.25, 0.3) is 0 Å².